The summed E-state index contributed by atoms with van der Waals surface area (Å²) in [5.74, 6) is 0.694. The van der Waals surface area contributed by atoms with Gasteiger partial charge in [-0.15, -0.1) is 0 Å². The van der Waals surface area contributed by atoms with Gasteiger partial charge < -0.3 is 10.2 Å². The molecule has 0 aromatic heterocycles. The second-order valence-electron chi connectivity index (χ2n) is 5.20. The van der Waals surface area contributed by atoms with Crippen molar-refractivity contribution in [2.75, 3.05) is 24.5 Å². The number of aryl methyl sites for hydroxylation is 1. The Kier molecular flexibility index (Phi) is 4.10. The van der Waals surface area contributed by atoms with Crippen LogP contribution in [0.2, 0.25) is 0 Å². The molecule has 0 amide bonds. The highest BCUT2D eigenvalue weighted by Gasteiger charge is 2.20. The lowest BCUT2D eigenvalue weighted by Gasteiger charge is -2.30. The van der Waals surface area contributed by atoms with Crippen LogP contribution < -0.4 is 10.2 Å². The number of benzene rings is 1. The first-order chi connectivity index (χ1) is 8.08. The van der Waals surface area contributed by atoms with E-state index in [2.05, 4.69) is 65.1 Å². The van der Waals surface area contributed by atoms with Gasteiger partial charge in [0.2, 0.25) is 0 Å². The van der Waals surface area contributed by atoms with Crippen molar-refractivity contribution in [2.24, 2.45) is 5.92 Å². The van der Waals surface area contributed by atoms with E-state index in [1.165, 1.54) is 15.7 Å². The topological polar surface area (TPSA) is 15.3 Å². The van der Waals surface area contributed by atoms with Gasteiger partial charge in [0.15, 0.2) is 0 Å². The normalized spacial score (nSPS) is 25.8. The predicted molar refractivity (Wildman–Crippen MR) is 77.7 cm³/mol. The summed E-state index contributed by atoms with van der Waals surface area (Å²) in [7, 11) is 0. The minimum Gasteiger partial charge on any atom is -0.367 e. The molecule has 1 N–H and O–H groups in total. The van der Waals surface area contributed by atoms with E-state index in [0.717, 1.165) is 19.6 Å². The molecule has 0 aliphatic carbocycles. The summed E-state index contributed by atoms with van der Waals surface area (Å²) in [6.45, 7) is 10.0. The first kappa shape index (κ1) is 12.9. The quantitative estimate of drug-likeness (QED) is 0.856. The summed E-state index contributed by atoms with van der Waals surface area (Å²) >= 11 is 3.62. The molecule has 17 heavy (non-hydrogen) atoms. The Balaban J connectivity index is 2.26. The van der Waals surface area contributed by atoms with Crippen LogP contribution in [0.3, 0.4) is 0 Å². The Hall–Kier alpha value is -0.540. The lowest BCUT2D eigenvalue weighted by Crippen LogP contribution is -2.38. The summed E-state index contributed by atoms with van der Waals surface area (Å²) in [5, 5.41) is 3.52. The van der Waals surface area contributed by atoms with Crippen molar-refractivity contribution in [3.05, 3.63) is 28.2 Å². The summed E-state index contributed by atoms with van der Waals surface area (Å²) in [5.41, 5.74) is 2.62. The molecule has 0 radical (unpaired) electrons. The monoisotopic (exact) mass is 296 g/mol. The number of hydrogen-bond donors (Lipinski definition) is 1. The molecule has 1 aliphatic heterocycles. The first-order valence-corrected chi connectivity index (χ1v) is 7.10. The van der Waals surface area contributed by atoms with Gasteiger partial charge in [0, 0.05) is 29.3 Å². The number of rotatable bonds is 1. The van der Waals surface area contributed by atoms with Gasteiger partial charge in [0.05, 0.1) is 0 Å². The molecule has 1 aromatic carbocycles. The molecular weight excluding hydrogens is 276 g/mol. The zero-order valence-corrected chi connectivity index (χ0v) is 12.4. The van der Waals surface area contributed by atoms with Gasteiger partial charge in [0.25, 0.3) is 0 Å². The molecule has 3 heteroatoms. The van der Waals surface area contributed by atoms with Crippen molar-refractivity contribution in [1.29, 1.82) is 0 Å². The van der Waals surface area contributed by atoms with E-state index in [0.29, 0.717) is 12.0 Å². The molecule has 2 unspecified atom stereocenters. The van der Waals surface area contributed by atoms with Crippen molar-refractivity contribution in [3.63, 3.8) is 0 Å². The van der Waals surface area contributed by atoms with E-state index < -0.39 is 0 Å². The highest BCUT2D eigenvalue weighted by Crippen LogP contribution is 2.26. The second kappa shape index (κ2) is 5.40. The first-order valence-electron chi connectivity index (χ1n) is 6.31. The average molecular weight is 297 g/mol. The van der Waals surface area contributed by atoms with E-state index in [1.807, 2.05) is 0 Å². The molecule has 2 atom stereocenters. The molecule has 0 bridgehead atoms. The third-order valence-corrected chi connectivity index (χ3v) is 4.31. The van der Waals surface area contributed by atoms with Crippen molar-refractivity contribution in [1.82, 2.24) is 5.32 Å². The van der Waals surface area contributed by atoms with Crippen LogP contribution in [-0.2, 0) is 0 Å². The Labute approximate surface area is 113 Å². The number of nitrogens with one attached hydrogen (secondary N) is 1. The average Bonchev–Trinajstić information content (AvgIpc) is 2.45. The van der Waals surface area contributed by atoms with Crippen LogP contribution in [-0.4, -0.2) is 25.7 Å². The third-order valence-electron chi connectivity index (χ3n) is 3.46. The van der Waals surface area contributed by atoms with Crippen LogP contribution in [0.5, 0.6) is 0 Å². The lowest BCUT2D eigenvalue weighted by atomic mass is 10.1. The molecule has 1 saturated heterocycles. The number of hydrogen-bond acceptors (Lipinski definition) is 2. The minimum absolute atomic E-state index is 0.551. The highest BCUT2D eigenvalue weighted by atomic mass is 79.9. The molecule has 94 valence electrons. The highest BCUT2D eigenvalue weighted by molar-refractivity contribution is 9.10. The molecule has 1 aliphatic rings. The van der Waals surface area contributed by atoms with Gasteiger partial charge in [-0.1, -0.05) is 28.9 Å². The van der Waals surface area contributed by atoms with Crippen LogP contribution in [0.15, 0.2) is 22.7 Å². The fourth-order valence-corrected chi connectivity index (χ4v) is 2.72. The SMILES string of the molecule is Cc1ccc(N2CC(C)CNCC2C)cc1Br. The zero-order valence-electron chi connectivity index (χ0n) is 10.8. The molecule has 2 nitrogen and oxygen atoms in total. The van der Waals surface area contributed by atoms with Gasteiger partial charge >= 0.3 is 0 Å². The van der Waals surface area contributed by atoms with Gasteiger partial charge in [-0.05, 0) is 44.0 Å². The largest absolute Gasteiger partial charge is 0.367 e. The van der Waals surface area contributed by atoms with Crippen molar-refractivity contribution in [3.8, 4) is 0 Å². The standard InChI is InChI=1S/C14H21BrN2/c1-10-7-16-8-12(3)17(9-10)13-5-4-11(2)14(15)6-13/h4-6,10,12,16H,7-9H2,1-3H3. The molecule has 1 heterocycles. The molecular formula is C14H21BrN2. The number of nitrogens with zero attached hydrogens (tertiary/aromatic N) is 1. The Morgan fingerprint density at radius 3 is 2.76 bits per heavy atom. The van der Waals surface area contributed by atoms with Crippen LogP contribution in [0.4, 0.5) is 5.69 Å². The predicted octanol–water partition coefficient (Wildman–Crippen LogP) is 3.19. The zero-order chi connectivity index (χ0) is 12.4. The van der Waals surface area contributed by atoms with Crippen molar-refractivity contribution < 1.29 is 0 Å². The smallest absolute Gasteiger partial charge is 0.0386 e. The van der Waals surface area contributed by atoms with Crippen molar-refractivity contribution >= 4 is 21.6 Å². The third kappa shape index (κ3) is 3.02. The van der Waals surface area contributed by atoms with Crippen LogP contribution >= 0.6 is 15.9 Å². The van der Waals surface area contributed by atoms with E-state index in [1.54, 1.807) is 0 Å². The van der Waals surface area contributed by atoms with Gasteiger partial charge in [-0.25, -0.2) is 0 Å². The summed E-state index contributed by atoms with van der Waals surface area (Å²) in [6.07, 6.45) is 0. The minimum atomic E-state index is 0.551. The van der Waals surface area contributed by atoms with E-state index in [4.69, 9.17) is 0 Å². The van der Waals surface area contributed by atoms with Gasteiger partial charge in [-0.2, -0.15) is 0 Å². The van der Waals surface area contributed by atoms with Crippen LogP contribution in [0.1, 0.15) is 19.4 Å². The maximum absolute atomic E-state index is 3.62. The molecule has 0 spiro atoms. The van der Waals surface area contributed by atoms with Crippen LogP contribution in [0.25, 0.3) is 0 Å². The Morgan fingerprint density at radius 2 is 2.06 bits per heavy atom. The van der Waals surface area contributed by atoms with Crippen LogP contribution in [0, 0.1) is 12.8 Å². The van der Waals surface area contributed by atoms with E-state index in [9.17, 15) is 0 Å². The van der Waals surface area contributed by atoms with E-state index in [-0.39, 0.29) is 0 Å². The maximum atomic E-state index is 3.62. The fourth-order valence-electron chi connectivity index (χ4n) is 2.35. The summed E-state index contributed by atoms with van der Waals surface area (Å²) in [4.78, 5) is 2.51. The van der Waals surface area contributed by atoms with Gasteiger partial charge in [-0.3, -0.25) is 0 Å². The summed E-state index contributed by atoms with van der Waals surface area (Å²) < 4.78 is 1.20. The van der Waals surface area contributed by atoms with Gasteiger partial charge in [0.1, 0.15) is 0 Å². The summed E-state index contributed by atoms with van der Waals surface area (Å²) in [6, 6.07) is 7.21. The molecule has 0 saturated carbocycles. The van der Waals surface area contributed by atoms with E-state index >= 15 is 0 Å². The Bertz CT molecular complexity index is 392. The lowest BCUT2D eigenvalue weighted by molar-refractivity contribution is 0.564. The van der Waals surface area contributed by atoms with Crippen molar-refractivity contribution in [2.45, 2.75) is 26.8 Å². The molecule has 1 aromatic rings. The number of halogens is 1. The maximum Gasteiger partial charge on any atom is 0.0386 e. The molecule has 2 rings (SSSR count). The second-order valence-corrected chi connectivity index (χ2v) is 6.05. The number of anilines is 1. The fraction of sp³-hybridized carbons (Fsp3) is 0.571. The Morgan fingerprint density at radius 1 is 1.29 bits per heavy atom. The molecule has 1 fully saturated rings.